The maximum Gasteiger partial charge on any atom is 0.159 e. The largest absolute Gasteiger partial charge is 0.456 e. The van der Waals surface area contributed by atoms with Crippen molar-refractivity contribution in [2.45, 2.75) is 0 Å². The van der Waals surface area contributed by atoms with E-state index in [1.165, 1.54) is 0 Å². The van der Waals surface area contributed by atoms with Gasteiger partial charge in [0.05, 0.1) is 22.7 Å². The summed E-state index contributed by atoms with van der Waals surface area (Å²) in [6.07, 6.45) is 0. The minimum atomic E-state index is 0.761. The van der Waals surface area contributed by atoms with Gasteiger partial charge in [-0.15, -0.1) is 0 Å². The minimum absolute atomic E-state index is 0.761. The average molecular weight is 823 g/mol. The van der Waals surface area contributed by atoms with E-state index in [0.717, 1.165) is 133 Å². The van der Waals surface area contributed by atoms with Gasteiger partial charge in [0, 0.05) is 78.0 Å². The molecule has 64 heavy (non-hydrogen) atoms. The molecule has 0 saturated carbocycles. The fraction of sp³-hybridized carbons (Fsp3) is 0. The second-order valence-corrected chi connectivity index (χ2v) is 16.4. The van der Waals surface area contributed by atoms with Crippen LogP contribution < -0.4 is 9.80 Å². The van der Waals surface area contributed by atoms with E-state index in [9.17, 15) is 0 Å². The molecule has 10 aromatic carbocycles. The predicted octanol–water partition coefficient (Wildman–Crippen LogP) is 17.4. The van der Waals surface area contributed by atoms with Gasteiger partial charge in [0.15, 0.2) is 11.2 Å². The highest BCUT2D eigenvalue weighted by Gasteiger charge is 2.25. The molecule has 0 bridgehead atoms. The van der Waals surface area contributed by atoms with Crippen LogP contribution in [0.15, 0.2) is 224 Å². The van der Waals surface area contributed by atoms with Crippen LogP contribution in [0, 0.1) is 0 Å². The molecule has 0 aliphatic heterocycles. The van der Waals surface area contributed by atoms with Crippen LogP contribution in [-0.2, 0) is 0 Å². The third-order valence-electron chi connectivity index (χ3n) is 12.8. The third kappa shape index (κ3) is 5.08. The number of nitrogens with zero attached hydrogens (tertiary/aromatic N) is 2. The Morgan fingerprint density at radius 2 is 0.734 bits per heavy atom. The Morgan fingerprint density at radius 1 is 0.234 bits per heavy atom. The number of anilines is 6. The van der Waals surface area contributed by atoms with Crippen molar-refractivity contribution in [3.05, 3.63) is 206 Å². The van der Waals surface area contributed by atoms with E-state index < -0.39 is 0 Å². The Labute approximate surface area is 364 Å². The number of rotatable bonds is 6. The van der Waals surface area contributed by atoms with Crippen LogP contribution in [0.4, 0.5) is 34.1 Å². The van der Waals surface area contributed by atoms with E-state index in [1.54, 1.807) is 0 Å². The number of benzene rings is 10. The standard InChI is InChI=1S/C58H34N2O4/c1-3-15-35(16-4-1)59(47-25-13-23-43-39-20-9-11-27-50(39)63-57(43)47)37-29-30-41-45-32-46-54(34-53(45)61-52(41)31-37)62-55-33-49(38-19-7-8-22-42(38)56(46)55)60(36-17-5-2-6-18-36)48-26-14-24-44-40-21-10-12-28-51(40)64-58(44)48/h1-34H. The van der Waals surface area contributed by atoms with Gasteiger partial charge in [0.25, 0.3) is 0 Å². The predicted molar refractivity (Wildman–Crippen MR) is 262 cm³/mol. The third-order valence-corrected chi connectivity index (χ3v) is 12.8. The summed E-state index contributed by atoms with van der Waals surface area (Å²) in [7, 11) is 0. The number of para-hydroxylation sites is 6. The van der Waals surface area contributed by atoms with Crippen LogP contribution in [0.25, 0.3) is 98.5 Å². The van der Waals surface area contributed by atoms with Gasteiger partial charge in [0.2, 0.25) is 0 Å². The maximum absolute atomic E-state index is 6.88. The van der Waals surface area contributed by atoms with E-state index in [2.05, 4.69) is 174 Å². The summed E-state index contributed by atoms with van der Waals surface area (Å²) in [5.74, 6) is 0. The normalized spacial score (nSPS) is 12.1. The first-order valence-electron chi connectivity index (χ1n) is 21.5. The molecule has 4 aromatic heterocycles. The first kappa shape index (κ1) is 34.9. The van der Waals surface area contributed by atoms with Gasteiger partial charge >= 0.3 is 0 Å². The average Bonchev–Trinajstić information content (AvgIpc) is 4.12. The van der Waals surface area contributed by atoms with Crippen LogP contribution >= 0.6 is 0 Å². The summed E-state index contributed by atoms with van der Waals surface area (Å²) in [6.45, 7) is 0. The Bertz CT molecular complexity index is 4160. The lowest BCUT2D eigenvalue weighted by Crippen LogP contribution is -2.10. The molecule has 0 aliphatic carbocycles. The quantitative estimate of drug-likeness (QED) is 0.166. The van der Waals surface area contributed by atoms with Gasteiger partial charge in [-0.2, -0.15) is 0 Å². The number of hydrogen-bond acceptors (Lipinski definition) is 6. The summed E-state index contributed by atoms with van der Waals surface area (Å²) < 4.78 is 26.8. The van der Waals surface area contributed by atoms with Crippen molar-refractivity contribution >= 4 is 133 Å². The van der Waals surface area contributed by atoms with Crippen molar-refractivity contribution in [1.82, 2.24) is 0 Å². The molecule has 6 heteroatoms. The van der Waals surface area contributed by atoms with E-state index in [-0.39, 0.29) is 0 Å². The van der Waals surface area contributed by atoms with Crippen LogP contribution in [0.5, 0.6) is 0 Å². The van der Waals surface area contributed by atoms with Crippen LogP contribution in [0.1, 0.15) is 0 Å². The number of furan rings is 4. The Kier molecular flexibility index (Phi) is 7.30. The summed E-state index contributed by atoms with van der Waals surface area (Å²) in [5.41, 5.74) is 12.4. The lowest BCUT2D eigenvalue weighted by Gasteiger charge is -2.27. The van der Waals surface area contributed by atoms with Gasteiger partial charge in [-0.25, -0.2) is 0 Å². The van der Waals surface area contributed by atoms with Gasteiger partial charge in [-0.3, -0.25) is 0 Å². The summed E-state index contributed by atoms with van der Waals surface area (Å²) in [6, 6.07) is 71.6. The molecule has 0 fully saturated rings. The van der Waals surface area contributed by atoms with Crippen molar-refractivity contribution in [2.24, 2.45) is 0 Å². The zero-order chi connectivity index (χ0) is 41.9. The SMILES string of the molecule is c1ccc(N(c2ccc3c(c2)oc2cc4oc5cc(N(c6ccccc6)c6cccc7c6oc6ccccc67)c6ccccc6c5c4cc23)c2cccc3c2oc2ccccc23)cc1. The lowest BCUT2D eigenvalue weighted by atomic mass is 9.99. The molecule has 300 valence electrons. The van der Waals surface area contributed by atoms with Crippen LogP contribution in [-0.4, -0.2) is 0 Å². The van der Waals surface area contributed by atoms with Gasteiger partial charge in [-0.1, -0.05) is 121 Å². The molecule has 4 heterocycles. The second kappa shape index (κ2) is 13.4. The summed E-state index contributed by atoms with van der Waals surface area (Å²) >= 11 is 0. The lowest BCUT2D eigenvalue weighted by molar-refractivity contribution is 0.656. The Balaban J connectivity index is 0.953. The molecular weight excluding hydrogens is 789 g/mol. The first-order chi connectivity index (χ1) is 31.7. The minimum Gasteiger partial charge on any atom is -0.456 e. The van der Waals surface area contributed by atoms with Gasteiger partial charge in [-0.05, 0) is 72.1 Å². The molecule has 14 rings (SSSR count). The molecule has 0 N–H and O–H groups in total. The first-order valence-corrected chi connectivity index (χ1v) is 21.5. The highest BCUT2D eigenvalue weighted by Crippen LogP contribution is 2.49. The van der Waals surface area contributed by atoms with Gasteiger partial charge in [0.1, 0.15) is 33.5 Å². The maximum atomic E-state index is 6.88. The molecule has 6 nitrogen and oxygen atoms in total. The van der Waals surface area contributed by atoms with E-state index >= 15 is 0 Å². The van der Waals surface area contributed by atoms with Crippen molar-refractivity contribution in [3.8, 4) is 0 Å². The molecule has 0 atom stereocenters. The topological polar surface area (TPSA) is 59.0 Å². The molecule has 0 saturated heterocycles. The second-order valence-electron chi connectivity index (χ2n) is 16.4. The molecule has 0 unspecified atom stereocenters. The smallest absolute Gasteiger partial charge is 0.159 e. The summed E-state index contributed by atoms with van der Waals surface area (Å²) in [5, 5.41) is 10.7. The fourth-order valence-corrected chi connectivity index (χ4v) is 10.0. The molecule has 0 aliphatic rings. The van der Waals surface area contributed by atoms with Crippen molar-refractivity contribution in [2.75, 3.05) is 9.80 Å². The van der Waals surface area contributed by atoms with Crippen molar-refractivity contribution in [3.63, 3.8) is 0 Å². The molecular formula is C58H34N2O4. The zero-order valence-corrected chi connectivity index (χ0v) is 34.2. The van der Waals surface area contributed by atoms with E-state index in [4.69, 9.17) is 17.7 Å². The van der Waals surface area contributed by atoms with Crippen LogP contribution in [0.2, 0.25) is 0 Å². The van der Waals surface area contributed by atoms with Gasteiger partial charge < -0.3 is 27.5 Å². The Hall–Kier alpha value is -8.74. The number of fused-ring (bicyclic) bond motifs is 14. The van der Waals surface area contributed by atoms with Crippen molar-refractivity contribution in [1.29, 1.82) is 0 Å². The zero-order valence-electron chi connectivity index (χ0n) is 34.2. The Morgan fingerprint density at radius 3 is 1.41 bits per heavy atom. The highest BCUT2D eigenvalue weighted by atomic mass is 16.3. The molecule has 0 spiro atoms. The molecule has 0 amide bonds. The molecule has 14 aromatic rings. The van der Waals surface area contributed by atoms with E-state index in [0.29, 0.717) is 0 Å². The highest BCUT2D eigenvalue weighted by molar-refractivity contribution is 6.25. The van der Waals surface area contributed by atoms with Crippen LogP contribution in [0.3, 0.4) is 0 Å². The molecule has 0 radical (unpaired) electrons. The van der Waals surface area contributed by atoms with E-state index in [1.807, 2.05) is 42.5 Å². The fourth-order valence-electron chi connectivity index (χ4n) is 10.0. The number of hydrogen-bond donors (Lipinski definition) is 0. The summed E-state index contributed by atoms with van der Waals surface area (Å²) in [4.78, 5) is 4.54. The van der Waals surface area contributed by atoms with Crippen molar-refractivity contribution < 1.29 is 17.7 Å². The monoisotopic (exact) mass is 822 g/mol.